The van der Waals surface area contributed by atoms with E-state index in [0.717, 1.165) is 11.3 Å². The van der Waals surface area contributed by atoms with Crippen molar-refractivity contribution in [3.63, 3.8) is 0 Å². The van der Waals surface area contributed by atoms with Crippen LogP contribution < -0.4 is 5.32 Å². The maximum absolute atomic E-state index is 12.4. The Morgan fingerprint density at radius 3 is 2.75 bits per heavy atom. The number of fused-ring (bicyclic) bond motifs is 1. The third-order valence-electron chi connectivity index (χ3n) is 4.00. The van der Waals surface area contributed by atoms with Crippen LogP contribution in [0, 0.1) is 0 Å². The summed E-state index contributed by atoms with van der Waals surface area (Å²) in [7, 11) is 0. The van der Waals surface area contributed by atoms with E-state index < -0.39 is 0 Å². The molecular formula is C15H18N2O3. The molecule has 2 amide bonds. The Kier molecular flexibility index (Phi) is 3.44. The molecule has 0 bridgehead atoms. The molecule has 5 heteroatoms. The summed E-state index contributed by atoms with van der Waals surface area (Å²) in [6.45, 7) is 1.21. The van der Waals surface area contributed by atoms with Crippen molar-refractivity contribution in [1.82, 2.24) is 4.90 Å². The Hall–Kier alpha value is -1.88. The van der Waals surface area contributed by atoms with Crippen molar-refractivity contribution >= 4 is 17.5 Å². The number of piperidine rings is 1. The smallest absolute Gasteiger partial charge is 0.253 e. The van der Waals surface area contributed by atoms with E-state index in [9.17, 15) is 14.7 Å². The molecule has 0 spiro atoms. The molecule has 3 rings (SSSR count). The van der Waals surface area contributed by atoms with E-state index in [4.69, 9.17) is 0 Å². The van der Waals surface area contributed by atoms with Crippen LogP contribution in [0.25, 0.3) is 0 Å². The number of likely N-dealkylation sites (tertiary alicyclic amines) is 1. The summed E-state index contributed by atoms with van der Waals surface area (Å²) in [5.74, 6) is 0.0400. The van der Waals surface area contributed by atoms with Crippen molar-refractivity contribution in [3.8, 4) is 0 Å². The molecule has 1 saturated heterocycles. The number of hydrogen-bond donors (Lipinski definition) is 2. The van der Waals surface area contributed by atoms with Gasteiger partial charge in [0.25, 0.3) is 5.91 Å². The number of aryl methyl sites for hydroxylation is 1. The molecule has 0 aliphatic carbocycles. The second kappa shape index (κ2) is 5.25. The first kappa shape index (κ1) is 13.1. The van der Waals surface area contributed by atoms with Crippen LogP contribution in [0.15, 0.2) is 18.2 Å². The normalized spacial score (nSPS) is 19.4. The quantitative estimate of drug-likeness (QED) is 0.807. The highest BCUT2D eigenvalue weighted by atomic mass is 16.3. The maximum Gasteiger partial charge on any atom is 0.253 e. The lowest BCUT2D eigenvalue weighted by Gasteiger charge is -2.30. The zero-order chi connectivity index (χ0) is 14.1. The maximum atomic E-state index is 12.4. The number of benzene rings is 1. The van der Waals surface area contributed by atoms with Gasteiger partial charge in [-0.15, -0.1) is 0 Å². The van der Waals surface area contributed by atoms with Gasteiger partial charge >= 0.3 is 0 Å². The van der Waals surface area contributed by atoms with E-state index in [0.29, 0.717) is 44.3 Å². The number of carbonyl (C=O) groups excluding carboxylic acids is 2. The third-order valence-corrected chi connectivity index (χ3v) is 4.00. The summed E-state index contributed by atoms with van der Waals surface area (Å²) < 4.78 is 0. The summed E-state index contributed by atoms with van der Waals surface area (Å²) in [5.41, 5.74) is 2.50. The Balaban J connectivity index is 1.77. The summed E-state index contributed by atoms with van der Waals surface area (Å²) >= 11 is 0. The van der Waals surface area contributed by atoms with Gasteiger partial charge in [0.05, 0.1) is 6.10 Å². The summed E-state index contributed by atoms with van der Waals surface area (Å²) in [4.78, 5) is 25.5. The monoisotopic (exact) mass is 274 g/mol. The molecule has 2 aliphatic heterocycles. The summed E-state index contributed by atoms with van der Waals surface area (Å²) in [6.07, 6.45) is 2.17. The number of hydrogen-bond acceptors (Lipinski definition) is 3. The number of anilines is 1. The highest BCUT2D eigenvalue weighted by molar-refractivity contribution is 5.98. The lowest BCUT2D eigenvalue weighted by molar-refractivity contribution is -0.116. The first-order chi connectivity index (χ1) is 9.63. The highest BCUT2D eigenvalue weighted by Gasteiger charge is 2.23. The molecule has 2 aliphatic rings. The number of nitrogens with one attached hydrogen (secondary N) is 1. The molecular weight excluding hydrogens is 256 g/mol. The minimum Gasteiger partial charge on any atom is -0.393 e. The minimum atomic E-state index is -0.280. The molecule has 1 aromatic rings. The zero-order valence-corrected chi connectivity index (χ0v) is 11.3. The minimum absolute atomic E-state index is 0.0107. The second-order valence-corrected chi connectivity index (χ2v) is 5.44. The lowest BCUT2D eigenvalue weighted by Crippen LogP contribution is -2.40. The predicted octanol–water partition coefficient (Wildman–Crippen LogP) is 1.17. The molecule has 20 heavy (non-hydrogen) atoms. The zero-order valence-electron chi connectivity index (χ0n) is 11.3. The number of aliphatic hydroxyl groups excluding tert-OH is 1. The second-order valence-electron chi connectivity index (χ2n) is 5.44. The van der Waals surface area contributed by atoms with E-state index >= 15 is 0 Å². The van der Waals surface area contributed by atoms with Crippen molar-refractivity contribution < 1.29 is 14.7 Å². The van der Waals surface area contributed by atoms with Crippen molar-refractivity contribution in [3.05, 3.63) is 29.3 Å². The van der Waals surface area contributed by atoms with E-state index in [-0.39, 0.29) is 17.9 Å². The van der Waals surface area contributed by atoms with Crippen LogP contribution in [-0.2, 0) is 11.2 Å². The van der Waals surface area contributed by atoms with Crippen molar-refractivity contribution in [2.24, 2.45) is 0 Å². The number of carbonyl (C=O) groups is 2. The molecule has 0 aromatic heterocycles. The van der Waals surface area contributed by atoms with Crippen LogP contribution in [0.3, 0.4) is 0 Å². The average molecular weight is 274 g/mol. The van der Waals surface area contributed by atoms with Gasteiger partial charge in [-0.3, -0.25) is 9.59 Å². The fourth-order valence-corrected chi connectivity index (χ4v) is 2.77. The van der Waals surface area contributed by atoms with E-state index in [1.54, 1.807) is 17.0 Å². The first-order valence-electron chi connectivity index (χ1n) is 7.03. The van der Waals surface area contributed by atoms with Crippen molar-refractivity contribution in [2.75, 3.05) is 18.4 Å². The Morgan fingerprint density at radius 2 is 2.00 bits per heavy atom. The molecule has 1 fully saturated rings. The molecule has 0 atom stereocenters. The van der Waals surface area contributed by atoms with Gasteiger partial charge in [-0.2, -0.15) is 0 Å². The van der Waals surface area contributed by atoms with Crippen molar-refractivity contribution in [2.45, 2.75) is 31.8 Å². The topological polar surface area (TPSA) is 69.6 Å². The SMILES string of the molecule is O=C1CCc2cc(C(=O)N3CCC(O)CC3)ccc2N1. The van der Waals surface area contributed by atoms with Crippen LogP contribution in [0.4, 0.5) is 5.69 Å². The molecule has 1 aromatic carbocycles. The average Bonchev–Trinajstić information content (AvgIpc) is 2.47. The molecule has 2 heterocycles. The molecule has 0 saturated carbocycles. The Labute approximate surface area is 117 Å². The van der Waals surface area contributed by atoms with Crippen LogP contribution >= 0.6 is 0 Å². The van der Waals surface area contributed by atoms with Gasteiger partial charge in [0.15, 0.2) is 0 Å². The van der Waals surface area contributed by atoms with E-state index in [1.165, 1.54) is 0 Å². The van der Waals surface area contributed by atoms with Crippen LogP contribution in [-0.4, -0.2) is 41.0 Å². The lowest BCUT2D eigenvalue weighted by atomic mass is 9.99. The van der Waals surface area contributed by atoms with Gasteiger partial charge in [0.2, 0.25) is 5.91 Å². The third kappa shape index (κ3) is 2.54. The van der Waals surface area contributed by atoms with Crippen molar-refractivity contribution in [1.29, 1.82) is 0 Å². The van der Waals surface area contributed by atoms with E-state index in [1.807, 2.05) is 6.07 Å². The van der Waals surface area contributed by atoms with Gasteiger partial charge < -0.3 is 15.3 Å². The highest BCUT2D eigenvalue weighted by Crippen LogP contribution is 2.24. The fraction of sp³-hybridized carbons (Fsp3) is 0.467. The molecule has 5 nitrogen and oxygen atoms in total. The Bertz CT molecular complexity index is 548. The first-order valence-corrected chi connectivity index (χ1v) is 7.03. The largest absolute Gasteiger partial charge is 0.393 e. The number of rotatable bonds is 1. The number of nitrogens with zero attached hydrogens (tertiary/aromatic N) is 1. The fourth-order valence-electron chi connectivity index (χ4n) is 2.77. The van der Waals surface area contributed by atoms with E-state index in [2.05, 4.69) is 5.32 Å². The van der Waals surface area contributed by atoms with Gasteiger partial charge in [-0.05, 0) is 43.0 Å². The summed E-state index contributed by atoms with van der Waals surface area (Å²) in [6, 6.07) is 5.44. The molecule has 106 valence electrons. The van der Waals surface area contributed by atoms with Crippen LogP contribution in [0.5, 0.6) is 0 Å². The van der Waals surface area contributed by atoms with Crippen LogP contribution in [0.2, 0.25) is 0 Å². The standard InChI is InChI=1S/C15H18N2O3/c18-12-5-7-17(8-6-12)15(20)11-1-3-13-10(9-11)2-4-14(19)16-13/h1,3,9,12,18H,2,4-8H2,(H,16,19). The van der Waals surface area contributed by atoms with Crippen LogP contribution in [0.1, 0.15) is 35.2 Å². The molecule has 0 radical (unpaired) electrons. The number of amides is 2. The Morgan fingerprint density at radius 1 is 1.25 bits per heavy atom. The predicted molar refractivity (Wildman–Crippen MR) is 74.5 cm³/mol. The number of aliphatic hydroxyl groups is 1. The van der Waals surface area contributed by atoms with Gasteiger partial charge in [-0.1, -0.05) is 0 Å². The van der Waals surface area contributed by atoms with Gasteiger partial charge in [0.1, 0.15) is 0 Å². The molecule has 2 N–H and O–H groups in total. The molecule has 0 unspecified atom stereocenters. The van der Waals surface area contributed by atoms with Gasteiger partial charge in [0, 0.05) is 30.8 Å². The summed E-state index contributed by atoms with van der Waals surface area (Å²) in [5, 5.41) is 12.3. The van der Waals surface area contributed by atoms with Gasteiger partial charge in [-0.25, -0.2) is 0 Å².